The summed E-state index contributed by atoms with van der Waals surface area (Å²) in [6.45, 7) is 5.73. The summed E-state index contributed by atoms with van der Waals surface area (Å²) in [7, 11) is 1.65. The summed E-state index contributed by atoms with van der Waals surface area (Å²) in [4.78, 5) is 19.8. The van der Waals surface area contributed by atoms with Crippen LogP contribution in [-0.4, -0.2) is 35.7 Å². The van der Waals surface area contributed by atoms with E-state index in [0.717, 1.165) is 28.1 Å². The van der Waals surface area contributed by atoms with Crippen molar-refractivity contribution in [3.63, 3.8) is 0 Å². The van der Waals surface area contributed by atoms with Crippen LogP contribution in [0, 0.1) is 6.92 Å². The number of ether oxygens (including phenoxy) is 2. The fraction of sp³-hybridized carbons (Fsp3) is 0.267. The van der Waals surface area contributed by atoms with Crippen molar-refractivity contribution in [3.8, 4) is 11.5 Å². The first kappa shape index (κ1) is 23.7. The third-order valence-corrected chi connectivity index (χ3v) is 6.64. The molecule has 0 saturated carbocycles. The predicted molar refractivity (Wildman–Crippen MR) is 144 cm³/mol. The highest BCUT2D eigenvalue weighted by molar-refractivity contribution is 5.96. The zero-order valence-corrected chi connectivity index (χ0v) is 21.0. The van der Waals surface area contributed by atoms with E-state index in [4.69, 9.17) is 14.5 Å². The van der Waals surface area contributed by atoms with Gasteiger partial charge in [0.1, 0.15) is 12.4 Å². The molecule has 1 aromatic heterocycles. The van der Waals surface area contributed by atoms with Crippen molar-refractivity contribution in [2.75, 3.05) is 25.2 Å². The number of benzene rings is 3. The minimum absolute atomic E-state index is 0.0147. The van der Waals surface area contributed by atoms with Gasteiger partial charge in [0.05, 0.1) is 24.7 Å². The first-order chi connectivity index (χ1) is 17.6. The maximum absolute atomic E-state index is 13.0. The van der Waals surface area contributed by atoms with Gasteiger partial charge in [0.2, 0.25) is 5.91 Å². The number of hydrogen-bond acceptors (Lipinski definition) is 4. The second-order valence-electron chi connectivity index (χ2n) is 9.11. The number of methoxy groups -OCH3 is 1. The zero-order valence-electron chi connectivity index (χ0n) is 21.0. The van der Waals surface area contributed by atoms with E-state index in [0.29, 0.717) is 37.6 Å². The molecule has 6 nitrogen and oxygen atoms in total. The van der Waals surface area contributed by atoms with Crippen LogP contribution < -0.4 is 14.4 Å². The molecule has 1 atom stereocenters. The molecule has 0 radical (unpaired) electrons. The molecule has 4 aromatic rings. The smallest absolute Gasteiger partial charge is 0.227 e. The van der Waals surface area contributed by atoms with E-state index in [-0.39, 0.29) is 11.8 Å². The van der Waals surface area contributed by atoms with Crippen molar-refractivity contribution in [2.24, 2.45) is 0 Å². The summed E-state index contributed by atoms with van der Waals surface area (Å²) in [6.07, 6.45) is 4.46. The van der Waals surface area contributed by atoms with Crippen molar-refractivity contribution in [3.05, 3.63) is 89.8 Å². The lowest BCUT2D eigenvalue weighted by Gasteiger charge is -2.18. The third-order valence-electron chi connectivity index (χ3n) is 6.64. The van der Waals surface area contributed by atoms with E-state index in [9.17, 15) is 4.79 Å². The minimum atomic E-state index is 0.0147. The number of fused-ring (bicyclic) bond motifs is 1. The molecule has 3 aromatic carbocycles. The second-order valence-corrected chi connectivity index (χ2v) is 9.11. The molecule has 1 fully saturated rings. The highest BCUT2D eigenvalue weighted by Crippen LogP contribution is 2.34. The number of hydrogen-bond donors (Lipinski definition) is 0. The molecule has 1 amide bonds. The molecule has 0 N–H and O–H groups in total. The van der Waals surface area contributed by atoms with Crippen LogP contribution in [-0.2, 0) is 11.3 Å². The molecule has 1 aliphatic heterocycles. The Balaban J connectivity index is 1.38. The Bertz CT molecular complexity index is 1400. The van der Waals surface area contributed by atoms with Crippen molar-refractivity contribution < 1.29 is 14.3 Å². The van der Waals surface area contributed by atoms with Gasteiger partial charge in [-0.1, -0.05) is 48.0 Å². The van der Waals surface area contributed by atoms with E-state index in [1.54, 1.807) is 7.11 Å². The van der Waals surface area contributed by atoms with Crippen LogP contribution in [0.4, 0.5) is 5.69 Å². The van der Waals surface area contributed by atoms with E-state index in [1.165, 1.54) is 5.56 Å². The number of carbonyl (C=O) groups excluding carboxylic acids is 1. The Morgan fingerprint density at radius 1 is 1.06 bits per heavy atom. The lowest BCUT2D eigenvalue weighted by molar-refractivity contribution is -0.117. The number of allylic oxidation sites excluding steroid dienone is 1. The quantitative estimate of drug-likeness (QED) is 0.310. The van der Waals surface area contributed by atoms with E-state index in [1.807, 2.05) is 84.6 Å². The number of rotatable bonds is 8. The highest BCUT2D eigenvalue weighted by atomic mass is 16.5. The minimum Gasteiger partial charge on any atom is -0.493 e. The van der Waals surface area contributed by atoms with Gasteiger partial charge in [0, 0.05) is 24.6 Å². The molecule has 0 spiro atoms. The first-order valence-corrected chi connectivity index (χ1v) is 12.3. The molecule has 2 heterocycles. The SMILES string of the molecule is C/C=C/c1ccc(OCCn2c([C@@H]3CC(=O)N(c4ccc(C)cc4)C3)nc3ccccc32)c(OC)c1. The molecule has 36 heavy (non-hydrogen) atoms. The first-order valence-electron chi connectivity index (χ1n) is 12.3. The van der Waals surface area contributed by atoms with Crippen LogP contribution in [0.3, 0.4) is 0 Å². The number of carbonyl (C=O) groups is 1. The molecule has 0 unspecified atom stereocenters. The number of amides is 1. The summed E-state index contributed by atoms with van der Waals surface area (Å²) in [6, 6.07) is 22.2. The fourth-order valence-corrected chi connectivity index (χ4v) is 4.84. The zero-order chi connectivity index (χ0) is 25.1. The number of imidazole rings is 1. The Morgan fingerprint density at radius 3 is 2.64 bits per heavy atom. The van der Waals surface area contributed by atoms with Gasteiger partial charge in [-0.15, -0.1) is 0 Å². The summed E-state index contributed by atoms with van der Waals surface area (Å²) < 4.78 is 13.9. The van der Waals surface area contributed by atoms with Crippen molar-refractivity contribution in [1.29, 1.82) is 0 Å². The van der Waals surface area contributed by atoms with Crippen LogP contribution >= 0.6 is 0 Å². The van der Waals surface area contributed by atoms with Gasteiger partial charge < -0.3 is 18.9 Å². The summed E-state index contributed by atoms with van der Waals surface area (Å²) >= 11 is 0. The average molecular weight is 482 g/mol. The van der Waals surface area contributed by atoms with Crippen LogP contribution in [0.15, 0.2) is 72.8 Å². The Morgan fingerprint density at radius 2 is 1.86 bits per heavy atom. The topological polar surface area (TPSA) is 56.6 Å². The normalized spacial score (nSPS) is 15.8. The van der Waals surface area contributed by atoms with Gasteiger partial charge in [0.15, 0.2) is 11.5 Å². The molecule has 6 heteroatoms. The Labute approximate surface area is 211 Å². The largest absolute Gasteiger partial charge is 0.493 e. The molecule has 1 aliphatic rings. The van der Waals surface area contributed by atoms with Gasteiger partial charge in [-0.3, -0.25) is 4.79 Å². The van der Waals surface area contributed by atoms with Crippen molar-refractivity contribution in [2.45, 2.75) is 32.7 Å². The standard InChI is InChI=1S/C30H31N3O3/c1-4-7-22-12-15-27(28(18-22)35-3)36-17-16-32-26-9-6-5-8-25(26)31-30(32)23-19-29(34)33(20-23)24-13-10-21(2)11-14-24/h4-15,18,23H,16-17,19-20H2,1-3H3/b7-4+/t23-/m1/s1. The van der Waals surface area contributed by atoms with Crippen molar-refractivity contribution >= 4 is 28.7 Å². The molecule has 0 aliphatic carbocycles. The van der Waals surface area contributed by atoms with E-state index >= 15 is 0 Å². The van der Waals surface area contributed by atoms with Gasteiger partial charge in [-0.05, 0) is 55.8 Å². The van der Waals surface area contributed by atoms with E-state index < -0.39 is 0 Å². The van der Waals surface area contributed by atoms with Gasteiger partial charge in [0.25, 0.3) is 0 Å². The molecular formula is C30H31N3O3. The van der Waals surface area contributed by atoms with Gasteiger partial charge >= 0.3 is 0 Å². The van der Waals surface area contributed by atoms with Gasteiger partial charge in [-0.25, -0.2) is 4.98 Å². The lowest BCUT2D eigenvalue weighted by Crippen LogP contribution is -2.24. The maximum Gasteiger partial charge on any atom is 0.227 e. The van der Waals surface area contributed by atoms with E-state index in [2.05, 4.69) is 17.6 Å². The molecule has 184 valence electrons. The number of para-hydroxylation sites is 2. The highest BCUT2D eigenvalue weighted by Gasteiger charge is 2.34. The lowest BCUT2D eigenvalue weighted by atomic mass is 10.1. The Hall–Kier alpha value is -4.06. The average Bonchev–Trinajstić information content (AvgIpc) is 3.46. The van der Waals surface area contributed by atoms with Crippen LogP contribution in [0.5, 0.6) is 11.5 Å². The second kappa shape index (κ2) is 10.3. The monoisotopic (exact) mass is 481 g/mol. The molecule has 0 bridgehead atoms. The number of nitrogens with zero attached hydrogens (tertiary/aromatic N) is 3. The number of aromatic nitrogens is 2. The predicted octanol–water partition coefficient (Wildman–Crippen LogP) is 5.99. The maximum atomic E-state index is 13.0. The third kappa shape index (κ3) is 4.71. The molecule has 1 saturated heterocycles. The summed E-state index contributed by atoms with van der Waals surface area (Å²) in [5.74, 6) is 2.48. The van der Waals surface area contributed by atoms with Gasteiger partial charge in [-0.2, -0.15) is 0 Å². The fourth-order valence-electron chi connectivity index (χ4n) is 4.84. The number of anilines is 1. The van der Waals surface area contributed by atoms with Crippen molar-refractivity contribution in [1.82, 2.24) is 9.55 Å². The molecular weight excluding hydrogens is 450 g/mol. The number of aryl methyl sites for hydroxylation is 1. The summed E-state index contributed by atoms with van der Waals surface area (Å²) in [5.41, 5.74) is 5.16. The van der Waals surface area contributed by atoms with Crippen LogP contribution in [0.25, 0.3) is 17.1 Å². The molecule has 5 rings (SSSR count). The Kier molecular flexibility index (Phi) is 6.76. The van der Waals surface area contributed by atoms with Crippen LogP contribution in [0.1, 0.15) is 36.2 Å². The summed E-state index contributed by atoms with van der Waals surface area (Å²) in [5, 5.41) is 0. The van der Waals surface area contributed by atoms with Crippen LogP contribution in [0.2, 0.25) is 0 Å².